The lowest BCUT2D eigenvalue weighted by molar-refractivity contribution is -0.178. The van der Waals surface area contributed by atoms with E-state index in [1.807, 2.05) is 0 Å². The van der Waals surface area contributed by atoms with Gasteiger partial charge in [0.2, 0.25) is 5.60 Å². The SMILES string of the molecule is N#C[C@]1(Cl)CC2C=C[C@]1(O)C(=O)O2. The van der Waals surface area contributed by atoms with Gasteiger partial charge >= 0.3 is 5.97 Å². The molecular weight excluding hydrogens is 194 g/mol. The Morgan fingerprint density at radius 1 is 1.85 bits per heavy atom. The lowest BCUT2D eigenvalue weighted by atomic mass is 9.76. The van der Waals surface area contributed by atoms with Crippen LogP contribution >= 0.6 is 11.6 Å². The van der Waals surface area contributed by atoms with Gasteiger partial charge in [0.1, 0.15) is 6.10 Å². The van der Waals surface area contributed by atoms with E-state index in [-0.39, 0.29) is 6.42 Å². The normalized spacial score (nSPS) is 47.2. The Hall–Kier alpha value is -1.05. The van der Waals surface area contributed by atoms with Gasteiger partial charge in [-0.05, 0) is 12.2 Å². The Balaban J connectivity index is 2.55. The topological polar surface area (TPSA) is 70.3 Å². The van der Waals surface area contributed by atoms with Gasteiger partial charge in [0.15, 0.2) is 4.87 Å². The first-order valence-corrected chi connectivity index (χ1v) is 4.13. The Kier molecular flexibility index (Phi) is 1.48. The van der Waals surface area contributed by atoms with Gasteiger partial charge in [0.05, 0.1) is 6.07 Å². The molecule has 13 heavy (non-hydrogen) atoms. The van der Waals surface area contributed by atoms with Crippen LogP contribution in [0.15, 0.2) is 12.2 Å². The van der Waals surface area contributed by atoms with Crippen LogP contribution in [-0.2, 0) is 9.53 Å². The average Bonchev–Trinajstić information content (AvgIpc) is 2.09. The molecule has 5 heteroatoms. The minimum Gasteiger partial charge on any atom is -0.456 e. The van der Waals surface area contributed by atoms with E-state index < -0.39 is 22.5 Å². The fourth-order valence-corrected chi connectivity index (χ4v) is 1.84. The summed E-state index contributed by atoms with van der Waals surface area (Å²) >= 11 is 5.83. The van der Waals surface area contributed by atoms with Crippen molar-refractivity contribution in [2.45, 2.75) is 23.0 Å². The predicted molar refractivity (Wildman–Crippen MR) is 42.8 cm³/mol. The van der Waals surface area contributed by atoms with Crippen molar-refractivity contribution >= 4 is 17.6 Å². The third kappa shape index (κ3) is 0.859. The summed E-state index contributed by atoms with van der Waals surface area (Å²) in [5.41, 5.74) is -1.99. The highest BCUT2D eigenvalue weighted by Gasteiger charge is 2.62. The molecule has 3 atom stereocenters. The molecule has 1 unspecified atom stereocenters. The molecule has 1 aliphatic carbocycles. The van der Waals surface area contributed by atoms with Gasteiger partial charge in [-0.15, -0.1) is 0 Å². The van der Waals surface area contributed by atoms with Gasteiger partial charge in [0, 0.05) is 6.42 Å². The van der Waals surface area contributed by atoms with Crippen LogP contribution in [0.25, 0.3) is 0 Å². The summed E-state index contributed by atoms with van der Waals surface area (Å²) in [4.78, 5) is 9.61. The van der Waals surface area contributed by atoms with Crippen molar-refractivity contribution < 1.29 is 14.6 Å². The van der Waals surface area contributed by atoms with Gasteiger partial charge < -0.3 is 9.84 Å². The Morgan fingerprint density at radius 3 is 3.00 bits per heavy atom. The number of hydrogen-bond donors (Lipinski definition) is 1. The van der Waals surface area contributed by atoms with Gasteiger partial charge in [-0.2, -0.15) is 5.26 Å². The number of aliphatic hydroxyl groups is 1. The molecule has 68 valence electrons. The molecule has 0 aromatic carbocycles. The molecule has 3 rings (SSSR count). The first-order valence-electron chi connectivity index (χ1n) is 3.75. The fraction of sp³-hybridized carbons (Fsp3) is 0.500. The second kappa shape index (κ2) is 2.25. The number of fused-ring (bicyclic) bond motifs is 2. The molecule has 0 radical (unpaired) electrons. The van der Waals surface area contributed by atoms with E-state index in [0.717, 1.165) is 0 Å². The van der Waals surface area contributed by atoms with Crippen molar-refractivity contribution in [1.29, 1.82) is 5.26 Å². The number of nitriles is 1. The summed E-state index contributed by atoms with van der Waals surface area (Å²) in [5, 5.41) is 18.6. The zero-order valence-corrected chi connectivity index (χ0v) is 7.28. The van der Waals surface area contributed by atoms with E-state index in [2.05, 4.69) is 0 Å². The monoisotopic (exact) mass is 199 g/mol. The third-order valence-electron chi connectivity index (χ3n) is 2.39. The lowest BCUT2D eigenvalue weighted by Gasteiger charge is -2.44. The summed E-state index contributed by atoms with van der Waals surface area (Å²) in [6.07, 6.45) is 2.42. The molecule has 2 heterocycles. The predicted octanol–water partition coefficient (Wildman–Crippen LogP) is 0.104. The number of rotatable bonds is 0. The molecule has 0 saturated carbocycles. The molecule has 1 fully saturated rings. The minimum absolute atomic E-state index is 0.129. The molecule has 0 spiro atoms. The molecule has 2 bridgehead atoms. The third-order valence-corrected chi connectivity index (χ3v) is 2.91. The van der Waals surface area contributed by atoms with Crippen LogP contribution in [0.4, 0.5) is 0 Å². The molecule has 0 aromatic heterocycles. The van der Waals surface area contributed by atoms with Crippen molar-refractivity contribution in [3.05, 3.63) is 12.2 Å². The molecule has 1 N–H and O–H groups in total. The van der Waals surface area contributed by atoms with Crippen molar-refractivity contribution in [2.24, 2.45) is 0 Å². The van der Waals surface area contributed by atoms with Crippen LogP contribution in [0.5, 0.6) is 0 Å². The molecule has 2 aliphatic heterocycles. The van der Waals surface area contributed by atoms with Gasteiger partial charge in [-0.3, -0.25) is 0 Å². The first-order chi connectivity index (χ1) is 6.02. The number of halogens is 1. The second-order valence-electron chi connectivity index (χ2n) is 3.19. The van der Waals surface area contributed by atoms with E-state index >= 15 is 0 Å². The van der Waals surface area contributed by atoms with Crippen molar-refractivity contribution in [2.75, 3.05) is 0 Å². The smallest absolute Gasteiger partial charge is 0.345 e. The highest BCUT2D eigenvalue weighted by molar-refractivity contribution is 6.29. The fourth-order valence-electron chi connectivity index (χ4n) is 1.55. The number of esters is 1. The van der Waals surface area contributed by atoms with Crippen LogP contribution in [0.2, 0.25) is 0 Å². The molecular formula is C8H6ClNO3. The Labute approximate surface area is 79.4 Å². The molecule has 4 nitrogen and oxygen atoms in total. The summed E-state index contributed by atoms with van der Waals surface area (Å²) in [6, 6.07) is 1.75. The summed E-state index contributed by atoms with van der Waals surface area (Å²) in [5.74, 6) is -0.845. The van der Waals surface area contributed by atoms with E-state index in [4.69, 9.17) is 21.6 Å². The van der Waals surface area contributed by atoms with Crippen LogP contribution in [0.3, 0.4) is 0 Å². The number of alkyl halides is 1. The summed E-state index contributed by atoms with van der Waals surface area (Å²) in [6.45, 7) is 0. The highest BCUT2D eigenvalue weighted by Crippen LogP contribution is 2.44. The van der Waals surface area contributed by atoms with Gasteiger partial charge in [0.25, 0.3) is 0 Å². The molecule has 0 amide bonds. The molecule has 3 aliphatic rings. The molecule has 1 saturated heterocycles. The summed E-state index contributed by atoms with van der Waals surface area (Å²) < 4.78 is 4.77. The zero-order chi connectivity index (χ0) is 9.69. The highest BCUT2D eigenvalue weighted by atomic mass is 35.5. The standard InChI is InChI=1S/C8H6ClNO3/c9-7(4-10)3-5-1-2-8(7,12)6(11)13-5/h1-2,5,12H,3H2/t5?,7-,8+/m1/s1. The largest absolute Gasteiger partial charge is 0.456 e. The maximum Gasteiger partial charge on any atom is 0.345 e. The van der Waals surface area contributed by atoms with Crippen LogP contribution in [0, 0.1) is 11.3 Å². The van der Waals surface area contributed by atoms with Crippen LogP contribution in [0.1, 0.15) is 6.42 Å². The maximum absolute atomic E-state index is 11.2. The van der Waals surface area contributed by atoms with E-state index in [1.165, 1.54) is 6.08 Å². The van der Waals surface area contributed by atoms with E-state index in [0.29, 0.717) is 0 Å². The van der Waals surface area contributed by atoms with E-state index in [1.54, 1.807) is 12.1 Å². The van der Waals surface area contributed by atoms with E-state index in [9.17, 15) is 9.90 Å². The quantitative estimate of drug-likeness (QED) is 0.341. The van der Waals surface area contributed by atoms with Crippen molar-refractivity contribution in [3.63, 3.8) is 0 Å². The number of hydrogen-bond acceptors (Lipinski definition) is 4. The number of nitrogens with zero attached hydrogens (tertiary/aromatic N) is 1. The lowest BCUT2D eigenvalue weighted by Crippen LogP contribution is -2.63. The number of carbonyl (C=O) groups is 1. The zero-order valence-electron chi connectivity index (χ0n) is 6.53. The minimum atomic E-state index is -1.99. The van der Waals surface area contributed by atoms with Gasteiger partial charge in [-0.25, -0.2) is 4.79 Å². The Bertz CT molecular complexity index is 348. The average molecular weight is 200 g/mol. The van der Waals surface area contributed by atoms with Crippen molar-refractivity contribution in [1.82, 2.24) is 0 Å². The van der Waals surface area contributed by atoms with Crippen LogP contribution in [-0.4, -0.2) is 27.7 Å². The second-order valence-corrected chi connectivity index (χ2v) is 3.83. The maximum atomic E-state index is 11.2. The summed E-state index contributed by atoms with van der Waals surface area (Å²) in [7, 11) is 0. The number of carbonyl (C=O) groups excluding carboxylic acids is 1. The van der Waals surface area contributed by atoms with Gasteiger partial charge in [-0.1, -0.05) is 11.6 Å². The first kappa shape index (κ1) is 8.54. The number of ether oxygens (including phenoxy) is 1. The van der Waals surface area contributed by atoms with Crippen molar-refractivity contribution in [3.8, 4) is 6.07 Å². The molecule has 0 aromatic rings. The Morgan fingerprint density at radius 2 is 2.54 bits per heavy atom. The van der Waals surface area contributed by atoms with Crippen LogP contribution < -0.4 is 0 Å².